The first-order valence-electron chi connectivity index (χ1n) is 13.7. The summed E-state index contributed by atoms with van der Waals surface area (Å²) in [5, 5.41) is 0.697. The van der Waals surface area contributed by atoms with E-state index in [1.165, 1.54) is 42.7 Å². The van der Waals surface area contributed by atoms with Gasteiger partial charge in [0.2, 0.25) is 0 Å². The first-order valence-corrected chi connectivity index (χ1v) is 15.6. The molecule has 2 aliphatic heterocycles. The van der Waals surface area contributed by atoms with Gasteiger partial charge >= 0.3 is 0 Å². The average Bonchev–Trinajstić information content (AvgIpc) is 3.61. The second kappa shape index (κ2) is 10.4. The number of halogens is 1. The van der Waals surface area contributed by atoms with Gasteiger partial charge in [-0.25, -0.2) is 12.8 Å². The molecule has 0 radical (unpaired) electrons. The van der Waals surface area contributed by atoms with Gasteiger partial charge in [0.05, 0.1) is 17.0 Å². The minimum atomic E-state index is -3.15. The molecule has 0 N–H and O–H groups in total. The van der Waals surface area contributed by atoms with Crippen molar-refractivity contribution in [3.8, 4) is 5.69 Å². The maximum absolute atomic E-state index is 14.2. The van der Waals surface area contributed by atoms with E-state index in [9.17, 15) is 22.4 Å². The van der Waals surface area contributed by atoms with Crippen LogP contribution in [-0.2, 0) is 9.84 Å². The summed E-state index contributed by atoms with van der Waals surface area (Å²) in [4.78, 5) is 33.0. The van der Waals surface area contributed by atoms with E-state index in [2.05, 4.69) is 4.90 Å². The molecule has 2 amide bonds. The third-order valence-corrected chi connectivity index (χ3v) is 10.0. The van der Waals surface area contributed by atoms with Gasteiger partial charge in [-0.05, 0) is 55.3 Å². The van der Waals surface area contributed by atoms with Crippen molar-refractivity contribution in [3.63, 3.8) is 0 Å². The van der Waals surface area contributed by atoms with E-state index in [1.807, 2.05) is 4.90 Å². The Hall–Kier alpha value is -3.24. The molecule has 3 heterocycles. The molecule has 2 saturated heterocycles. The Morgan fingerprint density at radius 3 is 2.18 bits per heavy atom. The van der Waals surface area contributed by atoms with Crippen molar-refractivity contribution < 1.29 is 22.4 Å². The minimum absolute atomic E-state index is 0.0319. The number of hydrogen-bond acceptors (Lipinski definition) is 5. The van der Waals surface area contributed by atoms with Gasteiger partial charge in [-0.15, -0.1) is 0 Å². The van der Waals surface area contributed by atoms with Gasteiger partial charge in [0.15, 0.2) is 9.84 Å². The van der Waals surface area contributed by atoms with Crippen LogP contribution in [0.4, 0.5) is 4.39 Å². The molecular formula is C29H33FN4O4S. The molecule has 8 nitrogen and oxygen atoms in total. The van der Waals surface area contributed by atoms with Crippen molar-refractivity contribution in [1.82, 2.24) is 19.3 Å². The maximum Gasteiger partial charge on any atom is 0.270 e. The standard InChI is InChI=1S/C29H33FN4O4S/c30-23-4-3-7-25(20-23)34-26-9-8-21(28(35)32-12-10-31(11-13-32)24-5-1-2-6-24)18-22(26)19-27(34)29(36)33-14-16-39(37,38)17-15-33/h3-4,7-9,18-20,24H,1-2,5-6,10-17H2. The second-order valence-electron chi connectivity index (χ2n) is 10.8. The monoisotopic (exact) mass is 552 g/mol. The van der Waals surface area contributed by atoms with E-state index < -0.39 is 15.7 Å². The lowest BCUT2D eigenvalue weighted by Gasteiger charge is -2.38. The minimum Gasteiger partial charge on any atom is -0.336 e. The van der Waals surface area contributed by atoms with E-state index in [-0.39, 0.29) is 36.4 Å². The fourth-order valence-electron chi connectivity index (χ4n) is 6.22. The summed E-state index contributed by atoms with van der Waals surface area (Å²) in [6.45, 7) is 3.39. The SMILES string of the molecule is O=C(c1ccc2c(c1)cc(C(=O)N1CCS(=O)(=O)CC1)n2-c1cccc(F)c1)N1CCN(C2CCCC2)CC1. The van der Waals surface area contributed by atoms with E-state index >= 15 is 0 Å². The number of amides is 2. The number of carbonyl (C=O) groups is 2. The first-order chi connectivity index (χ1) is 18.8. The van der Waals surface area contributed by atoms with Gasteiger partial charge in [-0.1, -0.05) is 18.9 Å². The molecule has 0 spiro atoms. The average molecular weight is 553 g/mol. The predicted octanol–water partition coefficient (Wildman–Crippen LogP) is 3.34. The zero-order valence-electron chi connectivity index (χ0n) is 21.9. The normalized spacial score (nSPS) is 20.5. The topological polar surface area (TPSA) is 82.9 Å². The van der Waals surface area contributed by atoms with Crippen LogP contribution in [-0.4, -0.2) is 96.3 Å². The number of rotatable bonds is 4. The van der Waals surface area contributed by atoms with Crippen molar-refractivity contribution in [2.45, 2.75) is 31.7 Å². The van der Waals surface area contributed by atoms with Crippen LogP contribution in [0.25, 0.3) is 16.6 Å². The zero-order valence-corrected chi connectivity index (χ0v) is 22.7. The van der Waals surface area contributed by atoms with Gasteiger partial charge < -0.3 is 14.4 Å². The number of carbonyl (C=O) groups excluding carboxylic acids is 2. The van der Waals surface area contributed by atoms with E-state index in [0.29, 0.717) is 47.0 Å². The molecule has 6 rings (SSSR count). The van der Waals surface area contributed by atoms with E-state index in [1.54, 1.807) is 41.0 Å². The number of sulfone groups is 1. The molecule has 0 bridgehead atoms. The lowest BCUT2D eigenvalue weighted by Crippen LogP contribution is -2.51. The Balaban J connectivity index is 1.30. The van der Waals surface area contributed by atoms with Gasteiger partial charge in [0.25, 0.3) is 11.8 Å². The summed E-state index contributed by atoms with van der Waals surface area (Å²) < 4.78 is 39.7. The van der Waals surface area contributed by atoms with Crippen molar-refractivity contribution in [2.75, 3.05) is 50.8 Å². The van der Waals surface area contributed by atoms with Crippen LogP contribution in [0.15, 0.2) is 48.5 Å². The molecule has 206 valence electrons. The Morgan fingerprint density at radius 1 is 0.795 bits per heavy atom. The number of hydrogen-bond donors (Lipinski definition) is 0. The number of nitrogens with zero attached hydrogens (tertiary/aromatic N) is 4. The van der Waals surface area contributed by atoms with Crippen LogP contribution in [0.2, 0.25) is 0 Å². The van der Waals surface area contributed by atoms with Crippen LogP contribution in [0.1, 0.15) is 46.5 Å². The Labute approximate surface area is 227 Å². The predicted molar refractivity (Wildman–Crippen MR) is 148 cm³/mol. The van der Waals surface area contributed by atoms with Crippen LogP contribution in [0, 0.1) is 5.82 Å². The van der Waals surface area contributed by atoms with Crippen molar-refractivity contribution in [1.29, 1.82) is 0 Å². The summed E-state index contributed by atoms with van der Waals surface area (Å²) >= 11 is 0. The Morgan fingerprint density at radius 2 is 1.49 bits per heavy atom. The van der Waals surface area contributed by atoms with E-state index in [0.717, 1.165) is 13.1 Å². The second-order valence-corrected chi connectivity index (χ2v) is 13.1. The zero-order chi connectivity index (χ0) is 27.1. The lowest BCUT2D eigenvalue weighted by atomic mass is 10.1. The first kappa shape index (κ1) is 26.0. The Bertz CT molecular complexity index is 1510. The van der Waals surface area contributed by atoms with Crippen LogP contribution in [0.3, 0.4) is 0 Å². The number of piperazine rings is 1. The molecule has 3 aromatic rings. The fraction of sp³-hybridized carbons (Fsp3) is 0.448. The largest absolute Gasteiger partial charge is 0.336 e. The molecule has 1 aliphatic carbocycles. The van der Waals surface area contributed by atoms with Crippen molar-refractivity contribution >= 4 is 32.6 Å². The van der Waals surface area contributed by atoms with Crippen LogP contribution < -0.4 is 0 Å². The van der Waals surface area contributed by atoms with Gasteiger partial charge in [0, 0.05) is 61.9 Å². The van der Waals surface area contributed by atoms with E-state index in [4.69, 9.17) is 0 Å². The highest BCUT2D eigenvalue weighted by Gasteiger charge is 2.30. The molecule has 0 atom stereocenters. The molecular weight excluding hydrogens is 519 g/mol. The molecule has 10 heteroatoms. The number of fused-ring (bicyclic) bond motifs is 1. The number of benzene rings is 2. The molecule has 2 aromatic carbocycles. The summed E-state index contributed by atoms with van der Waals surface area (Å²) in [5.41, 5.74) is 2.03. The highest BCUT2D eigenvalue weighted by Crippen LogP contribution is 2.29. The summed E-state index contributed by atoms with van der Waals surface area (Å²) in [7, 11) is -3.15. The third-order valence-electron chi connectivity index (χ3n) is 8.41. The molecule has 1 saturated carbocycles. The quantitative estimate of drug-likeness (QED) is 0.496. The van der Waals surface area contributed by atoms with Gasteiger partial charge in [-0.3, -0.25) is 14.5 Å². The molecule has 3 aliphatic rings. The maximum atomic E-state index is 14.2. The van der Waals surface area contributed by atoms with Crippen LogP contribution >= 0.6 is 0 Å². The molecule has 1 aromatic heterocycles. The smallest absolute Gasteiger partial charge is 0.270 e. The lowest BCUT2D eigenvalue weighted by molar-refractivity contribution is 0.0573. The Kier molecular flexibility index (Phi) is 6.93. The third kappa shape index (κ3) is 5.19. The van der Waals surface area contributed by atoms with Crippen LogP contribution in [0.5, 0.6) is 0 Å². The highest BCUT2D eigenvalue weighted by molar-refractivity contribution is 7.91. The summed E-state index contributed by atoms with van der Waals surface area (Å²) in [6.07, 6.45) is 5.09. The summed E-state index contributed by atoms with van der Waals surface area (Å²) in [6, 6.07) is 13.8. The van der Waals surface area contributed by atoms with Gasteiger partial charge in [0.1, 0.15) is 11.5 Å². The highest BCUT2D eigenvalue weighted by atomic mass is 32.2. The van der Waals surface area contributed by atoms with Crippen molar-refractivity contribution in [2.24, 2.45) is 0 Å². The molecule has 3 fully saturated rings. The fourth-order valence-corrected chi connectivity index (χ4v) is 7.42. The molecule has 0 unspecified atom stereocenters. The molecule has 39 heavy (non-hydrogen) atoms. The summed E-state index contributed by atoms with van der Waals surface area (Å²) in [5.74, 6) is -0.936. The number of aromatic nitrogens is 1. The van der Waals surface area contributed by atoms with Gasteiger partial charge in [-0.2, -0.15) is 0 Å². The van der Waals surface area contributed by atoms with Crippen molar-refractivity contribution in [3.05, 3.63) is 65.6 Å².